The molecule has 0 saturated carbocycles. The Kier molecular flexibility index (Phi) is 3.61. The molecule has 0 aliphatic carbocycles. The summed E-state index contributed by atoms with van der Waals surface area (Å²) in [5.74, 6) is -0.600. The van der Waals surface area contributed by atoms with Gasteiger partial charge in [0.05, 0.1) is 5.56 Å². The Labute approximate surface area is 139 Å². The van der Waals surface area contributed by atoms with Crippen molar-refractivity contribution in [3.8, 4) is 0 Å². The van der Waals surface area contributed by atoms with Crippen LogP contribution in [0.1, 0.15) is 33.6 Å². The molecule has 2 heterocycles. The highest BCUT2D eigenvalue weighted by Gasteiger charge is 2.33. The quantitative estimate of drug-likeness (QED) is 0.641. The number of nitroso groups, excluding NO2 is 1. The van der Waals surface area contributed by atoms with Crippen molar-refractivity contribution >= 4 is 28.3 Å². The van der Waals surface area contributed by atoms with Gasteiger partial charge in [0, 0.05) is 24.0 Å². The van der Waals surface area contributed by atoms with E-state index in [9.17, 15) is 14.5 Å². The van der Waals surface area contributed by atoms with Gasteiger partial charge in [-0.15, -0.1) is 4.91 Å². The van der Waals surface area contributed by atoms with E-state index in [4.69, 9.17) is 0 Å². The zero-order chi connectivity index (χ0) is 16.7. The molecular weight excluding hydrogens is 306 g/mol. The fourth-order valence-corrected chi connectivity index (χ4v) is 3.65. The first-order valence-electron chi connectivity index (χ1n) is 8.18. The number of carbonyl (C=O) groups is 2. The number of imide groups is 1. The molecule has 4 rings (SSSR count). The molecule has 0 radical (unpaired) electrons. The second-order valence-corrected chi connectivity index (χ2v) is 6.30. The van der Waals surface area contributed by atoms with Gasteiger partial charge in [-0.05, 0) is 54.7 Å². The summed E-state index contributed by atoms with van der Waals surface area (Å²) >= 11 is 0. The van der Waals surface area contributed by atoms with Crippen LogP contribution in [0.5, 0.6) is 0 Å². The Morgan fingerprint density at radius 2 is 1.71 bits per heavy atom. The minimum Gasteiger partial charge on any atom is -0.302 e. The number of benzene rings is 2. The third-order valence-corrected chi connectivity index (χ3v) is 4.86. The van der Waals surface area contributed by atoms with Gasteiger partial charge in [0.25, 0.3) is 11.8 Å². The number of hydrogen-bond acceptors (Lipinski definition) is 5. The summed E-state index contributed by atoms with van der Waals surface area (Å²) in [4.78, 5) is 40.1. The third kappa shape index (κ3) is 2.30. The van der Waals surface area contributed by atoms with Crippen molar-refractivity contribution in [3.63, 3.8) is 0 Å². The molecule has 6 nitrogen and oxygen atoms in total. The predicted molar refractivity (Wildman–Crippen MR) is 90.4 cm³/mol. The first-order valence-corrected chi connectivity index (χ1v) is 8.18. The van der Waals surface area contributed by atoms with Gasteiger partial charge >= 0.3 is 0 Å². The predicted octanol–water partition coefficient (Wildman–Crippen LogP) is 2.93. The number of amides is 2. The molecule has 0 aromatic heterocycles. The maximum Gasteiger partial charge on any atom is 0.261 e. The Morgan fingerprint density at radius 1 is 0.958 bits per heavy atom. The van der Waals surface area contributed by atoms with E-state index in [1.807, 2.05) is 0 Å². The molecule has 2 amide bonds. The van der Waals surface area contributed by atoms with Crippen molar-refractivity contribution in [2.75, 3.05) is 26.2 Å². The van der Waals surface area contributed by atoms with Crippen LogP contribution in [-0.4, -0.2) is 47.8 Å². The van der Waals surface area contributed by atoms with E-state index in [-0.39, 0.29) is 17.5 Å². The zero-order valence-corrected chi connectivity index (χ0v) is 13.2. The summed E-state index contributed by atoms with van der Waals surface area (Å²) < 4.78 is 0. The topological polar surface area (TPSA) is 70.1 Å². The van der Waals surface area contributed by atoms with Gasteiger partial charge < -0.3 is 4.90 Å². The Balaban J connectivity index is 1.74. The van der Waals surface area contributed by atoms with Crippen molar-refractivity contribution in [2.45, 2.75) is 12.8 Å². The number of likely N-dealkylation sites (tertiary alicyclic amines) is 1. The summed E-state index contributed by atoms with van der Waals surface area (Å²) in [6, 6.07) is 8.38. The first kappa shape index (κ1) is 15.0. The number of carbonyl (C=O) groups excluding carboxylic acids is 2. The zero-order valence-electron chi connectivity index (χ0n) is 13.2. The van der Waals surface area contributed by atoms with Gasteiger partial charge in [-0.3, -0.25) is 14.5 Å². The van der Waals surface area contributed by atoms with Crippen LogP contribution in [-0.2, 0) is 0 Å². The molecule has 122 valence electrons. The van der Waals surface area contributed by atoms with E-state index < -0.39 is 0 Å². The maximum absolute atomic E-state index is 12.8. The smallest absolute Gasteiger partial charge is 0.261 e. The molecule has 2 aromatic rings. The summed E-state index contributed by atoms with van der Waals surface area (Å²) in [6.07, 6.45) is 2.33. The van der Waals surface area contributed by atoms with Crippen molar-refractivity contribution in [3.05, 3.63) is 46.4 Å². The second-order valence-electron chi connectivity index (χ2n) is 6.30. The molecule has 24 heavy (non-hydrogen) atoms. The molecule has 0 N–H and O–H groups in total. The molecule has 2 aromatic carbocycles. The van der Waals surface area contributed by atoms with Crippen molar-refractivity contribution in [2.24, 2.45) is 5.18 Å². The third-order valence-electron chi connectivity index (χ3n) is 4.86. The van der Waals surface area contributed by atoms with E-state index in [1.165, 1.54) is 23.8 Å². The van der Waals surface area contributed by atoms with Crippen LogP contribution in [0.2, 0.25) is 0 Å². The van der Waals surface area contributed by atoms with E-state index in [0.29, 0.717) is 35.0 Å². The lowest BCUT2D eigenvalue weighted by Gasteiger charge is -2.28. The minimum atomic E-state index is -0.339. The molecule has 2 aliphatic heterocycles. The summed E-state index contributed by atoms with van der Waals surface area (Å²) in [5, 5.41) is 4.27. The van der Waals surface area contributed by atoms with Crippen molar-refractivity contribution in [1.82, 2.24) is 9.80 Å². The van der Waals surface area contributed by atoms with Gasteiger partial charge in [0.15, 0.2) is 0 Å². The van der Waals surface area contributed by atoms with Crippen LogP contribution < -0.4 is 0 Å². The monoisotopic (exact) mass is 323 g/mol. The number of hydrogen-bond donors (Lipinski definition) is 0. The van der Waals surface area contributed by atoms with Crippen molar-refractivity contribution < 1.29 is 9.59 Å². The van der Waals surface area contributed by atoms with Crippen molar-refractivity contribution in [1.29, 1.82) is 0 Å². The highest BCUT2D eigenvalue weighted by molar-refractivity contribution is 6.25. The number of nitrogens with zero attached hydrogens (tertiary/aromatic N) is 3. The molecule has 0 spiro atoms. The fraction of sp³-hybridized carbons (Fsp3) is 0.333. The van der Waals surface area contributed by atoms with Gasteiger partial charge in [-0.1, -0.05) is 12.1 Å². The van der Waals surface area contributed by atoms with Crippen LogP contribution >= 0.6 is 0 Å². The molecule has 2 aliphatic rings. The van der Waals surface area contributed by atoms with Crippen LogP contribution in [0.15, 0.2) is 35.5 Å². The summed E-state index contributed by atoms with van der Waals surface area (Å²) in [7, 11) is 0. The Hall–Kier alpha value is -2.60. The minimum absolute atomic E-state index is 0.205. The van der Waals surface area contributed by atoms with Crippen LogP contribution in [0.4, 0.5) is 5.69 Å². The molecule has 6 heteroatoms. The molecule has 0 unspecified atom stereocenters. The lowest BCUT2D eigenvalue weighted by molar-refractivity contribution is 0.0597. The Bertz CT molecular complexity index is 856. The van der Waals surface area contributed by atoms with E-state index in [1.54, 1.807) is 24.3 Å². The fourth-order valence-electron chi connectivity index (χ4n) is 3.65. The average Bonchev–Trinajstić information content (AvgIpc) is 3.12. The SMILES string of the molecule is O=Nc1cc2c3c(cccc3c1)C(=O)N(CCN1CCCC1)C2=O. The van der Waals surface area contributed by atoms with E-state index >= 15 is 0 Å². The van der Waals surface area contributed by atoms with E-state index in [2.05, 4.69) is 10.1 Å². The summed E-state index contributed by atoms with van der Waals surface area (Å²) in [5.41, 5.74) is 1.11. The standard InChI is InChI=1S/C18H17N3O3/c22-17-14-5-3-4-12-10-13(19-24)11-15(16(12)14)18(23)21(17)9-8-20-6-1-2-7-20/h3-5,10-11H,1-2,6-9H2. The highest BCUT2D eigenvalue weighted by Crippen LogP contribution is 2.33. The van der Waals surface area contributed by atoms with Gasteiger partial charge in [0.1, 0.15) is 5.69 Å². The van der Waals surface area contributed by atoms with E-state index in [0.717, 1.165) is 13.1 Å². The highest BCUT2D eigenvalue weighted by atomic mass is 16.3. The van der Waals surface area contributed by atoms with Crippen LogP contribution in [0.25, 0.3) is 10.8 Å². The molecule has 1 fully saturated rings. The summed E-state index contributed by atoms with van der Waals surface area (Å²) in [6.45, 7) is 3.09. The van der Waals surface area contributed by atoms with Gasteiger partial charge in [-0.25, -0.2) is 0 Å². The molecule has 0 bridgehead atoms. The molecule has 1 saturated heterocycles. The average molecular weight is 323 g/mol. The molecule has 0 atom stereocenters. The van der Waals surface area contributed by atoms with Gasteiger partial charge in [-0.2, -0.15) is 0 Å². The normalized spacial score (nSPS) is 17.8. The van der Waals surface area contributed by atoms with Crippen LogP contribution in [0.3, 0.4) is 0 Å². The largest absolute Gasteiger partial charge is 0.302 e. The van der Waals surface area contributed by atoms with Gasteiger partial charge in [0.2, 0.25) is 0 Å². The second kappa shape index (κ2) is 5.79. The molecular formula is C18H17N3O3. The number of rotatable bonds is 4. The maximum atomic E-state index is 12.8. The lowest BCUT2D eigenvalue weighted by atomic mass is 9.93. The Morgan fingerprint density at radius 3 is 2.46 bits per heavy atom. The van der Waals surface area contributed by atoms with Crippen LogP contribution in [0, 0.1) is 4.91 Å². The first-order chi connectivity index (χ1) is 11.7. The lowest BCUT2D eigenvalue weighted by Crippen LogP contribution is -2.44.